The van der Waals surface area contributed by atoms with Crippen molar-refractivity contribution in [1.29, 1.82) is 0 Å². The van der Waals surface area contributed by atoms with Gasteiger partial charge in [-0.15, -0.1) is 39.1 Å². The van der Waals surface area contributed by atoms with Gasteiger partial charge in [0.25, 0.3) is 0 Å². The second kappa shape index (κ2) is 50.0. The Bertz CT molecular complexity index is 703. The molecule has 2 rings (SSSR count). The molecule has 1 aromatic rings. The van der Waals surface area contributed by atoms with Crippen LogP contribution in [0.5, 0.6) is 0 Å². The van der Waals surface area contributed by atoms with Crippen LogP contribution >= 0.6 is 15.8 Å². The molecule has 0 unspecified atom stereocenters. The first kappa shape index (κ1) is 57.0. The Morgan fingerprint density at radius 1 is 0.929 bits per heavy atom. The first-order valence-electron chi connectivity index (χ1n) is 13.3. The molecule has 0 saturated carbocycles. The number of carboxylic acids is 2. The van der Waals surface area contributed by atoms with Gasteiger partial charge in [-0.3, -0.25) is 14.5 Å². The van der Waals surface area contributed by atoms with Crippen LogP contribution in [0.1, 0.15) is 79.3 Å². The number of hydrogen-bond donors (Lipinski definition) is 3. The fraction of sp³-hybridized carbons (Fsp3) is 0.769. The van der Waals surface area contributed by atoms with Gasteiger partial charge in [-0.25, -0.2) is 0 Å². The summed E-state index contributed by atoms with van der Waals surface area (Å²) in [5.74, 6) is 0.552. The number of aryl methyl sites for hydroxylation is 1. The Morgan fingerprint density at radius 2 is 1.31 bits per heavy atom. The molecule has 0 bridgehead atoms. The van der Waals surface area contributed by atoms with E-state index in [2.05, 4.69) is 69.1 Å². The maximum atomic E-state index is 10.0. The van der Waals surface area contributed by atoms with Crippen molar-refractivity contribution in [2.75, 3.05) is 50.2 Å². The van der Waals surface area contributed by atoms with Gasteiger partial charge in [0.05, 0.1) is 6.42 Å². The second-order valence-electron chi connectivity index (χ2n) is 7.54. The third-order valence-corrected chi connectivity index (χ3v) is 10.4. The van der Waals surface area contributed by atoms with E-state index in [1.54, 1.807) is 0 Å². The number of nitrogens with zero attached hydrogens (tertiary/aromatic N) is 5. The zero-order valence-electron chi connectivity index (χ0n) is 25.9. The number of carbonyl (C=O) groups is 2. The third-order valence-electron chi connectivity index (χ3n) is 5.00. The van der Waals surface area contributed by atoms with Crippen LogP contribution in [0.25, 0.3) is 16.0 Å². The van der Waals surface area contributed by atoms with E-state index in [0.29, 0.717) is 34.4 Å². The van der Waals surface area contributed by atoms with Crippen LogP contribution < -0.4 is 0 Å². The van der Waals surface area contributed by atoms with Crippen molar-refractivity contribution in [1.82, 2.24) is 15.4 Å². The van der Waals surface area contributed by atoms with Gasteiger partial charge in [0.15, 0.2) is 0 Å². The van der Waals surface area contributed by atoms with E-state index < -0.39 is 11.9 Å². The van der Waals surface area contributed by atoms with E-state index in [0.717, 1.165) is 13.2 Å². The molecule has 0 amide bonds. The number of hydrogen-bond acceptors (Lipinski definition) is 5. The van der Waals surface area contributed by atoms with Gasteiger partial charge in [0.1, 0.15) is 0 Å². The molecule has 0 atom stereocenters. The summed E-state index contributed by atoms with van der Waals surface area (Å²) < 4.78 is 4.94. The molecule has 249 valence electrons. The van der Waals surface area contributed by atoms with Gasteiger partial charge in [-0.05, 0) is 56.2 Å². The maximum absolute atomic E-state index is 10.0. The zero-order chi connectivity index (χ0) is 30.7. The first-order valence-corrected chi connectivity index (χ1v) is 17.1. The van der Waals surface area contributed by atoms with Crippen molar-refractivity contribution in [2.24, 2.45) is 0 Å². The van der Waals surface area contributed by atoms with Crippen molar-refractivity contribution < 1.29 is 69.3 Å². The molecule has 0 spiro atoms. The SMILES string of the molecule is C#CCCC(=O)O.C1CCOC1.CCP(CC)CC.CCP(CC)CC.O=C(O)CCc1[c-]nn[nH]1.[Au+].[Au+].[B].[N-]=[N+]=[N-]. The van der Waals surface area contributed by atoms with Crippen LogP contribution in [0, 0.1) is 18.5 Å². The van der Waals surface area contributed by atoms with E-state index in [4.69, 9.17) is 32.4 Å². The van der Waals surface area contributed by atoms with Crippen LogP contribution in [0.2, 0.25) is 0 Å². The van der Waals surface area contributed by atoms with Gasteiger partial charge in [-0.2, -0.15) is 0 Å². The monoisotopic (exact) mass is 993 g/mol. The van der Waals surface area contributed by atoms with Gasteiger partial charge < -0.3 is 42.4 Å². The standard InChI is InChI=1S/2C6H15P.C5H6N3O2.C5H6O2.C4H8O.2Au.B.N3/c2*1-4-7(5-2)6-3;9-5(10)2-1-4-3-6-8-7-4;1-2-3-4-5(6)7;1-2-4-5-3-1;;;;1-3-2/h2*4-6H2,1-3H3;1-2H2,(H,9,10)(H,6,7,8);1H,3-4H2,(H,6,7);1-4H2;;;;/q;;-1;;;2*+1;;-1. The molecule has 1 aromatic heterocycles. The predicted octanol–water partition coefficient (Wildman–Crippen LogP) is 6.44. The quantitative estimate of drug-likeness (QED) is 0.0434. The Balaban J connectivity index is -0.0000000709. The fourth-order valence-electron chi connectivity index (χ4n) is 2.57. The Kier molecular flexibility index (Phi) is 67.8. The number of H-pyrrole nitrogens is 1. The molecular formula is C26H50Au2BN6O5P2. The molecule has 0 aliphatic carbocycles. The van der Waals surface area contributed by atoms with Crippen molar-refractivity contribution in [3.05, 3.63) is 27.9 Å². The average molecular weight is 993 g/mol. The molecule has 11 nitrogen and oxygen atoms in total. The number of aliphatic carboxylic acids is 2. The van der Waals surface area contributed by atoms with Crippen molar-refractivity contribution in [3.8, 4) is 12.3 Å². The molecular weight excluding hydrogens is 943 g/mol. The molecule has 1 saturated heterocycles. The van der Waals surface area contributed by atoms with Crippen LogP contribution in [-0.2, 0) is 65.5 Å². The van der Waals surface area contributed by atoms with E-state index in [9.17, 15) is 9.59 Å². The molecule has 1 aliphatic heterocycles. The Hall–Kier alpha value is -0.685. The fourth-order valence-corrected chi connectivity index (χ4v) is 5.25. The number of terminal acetylenes is 1. The van der Waals surface area contributed by atoms with E-state index in [-0.39, 0.29) is 66.0 Å². The summed E-state index contributed by atoms with van der Waals surface area (Å²) in [7, 11) is 0.892. The van der Waals surface area contributed by atoms with Crippen LogP contribution in [0.4, 0.5) is 0 Å². The molecule has 2 heterocycles. The number of aromatic amines is 1. The summed E-state index contributed by atoms with van der Waals surface area (Å²) in [4.78, 5) is 21.2. The number of nitrogens with one attached hydrogen (secondary N) is 1. The van der Waals surface area contributed by atoms with E-state index in [1.165, 1.54) is 54.7 Å². The predicted molar refractivity (Wildman–Crippen MR) is 170 cm³/mol. The van der Waals surface area contributed by atoms with Crippen LogP contribution in [0.3, 0.4) is 0 Å². The smallest absolute Gasteiger partial charge is 0.481 e. The summed E-state index contributed by atoms with van der Waals surface area (Å²) in [5.41, 5.74) is 14.1. The Labute approximate surface area is 289 Å². The third kappa shape index (κ3) is 55.3. The normalized spacial score (nSPS) is 9.98. The molecule has 42 heavy (non-hydrogen) atoms. The van der Waals surface area contributed by atoms with E-state index in [1.807, 2.05) is 0 Å². The zero-order valence-corrected chi connectivity index (χ0v) is 32.0. The van der Waals surface area contributed by atoms with Crippen molar-refractivity contribution >= 4 is 36.2 Å². The van der Waals surface area contributed by atoms with Crippen molar-refractivity contribution in [2.45, 2.75) is 80.1 Å². The summed E-state index contributed by atoms with van der Waals surface area (Å²) in [6.45, 7) is 15.7. The largest absolute Gasteiger partial charge is 1.00 e. The second-order valence-corrected chi connectivity index (χ2v) is 14.0. The minimum atomic E-state index is -0.835. The summed E-state index contributed by atoms with van der Waals surface area (Å²) >= 11 is 0. The van der Waals surface area contributed by atoms with Gasteiger partial charge in [-0.1, -0.05) is 41.5 Å². The summed E-state index contributed by atoms with van der Waals surface area (Å²) in [6, 6.07) is 0. The summed E-state index contributed by atoms with van der Waals surface area (Å²) in [5, 5.41) is 25.5. The van der Waals surface area contributed by atoms with Gasteiger partial charge in [0, 0.05) is 34.5 Å². The topological polar surface area (TPSA) is 184 Å². The first-order chi connectivity index (χ1) is 18.7. The van der Waals surface area contributed by atoms with Crippen molar-refractivity contribution in [3.63, 3.8) is 0 Å². The molecule has 1 fully saturated rings. The van der Waals surface area contributed by atoms with Gasteiger partial charge in [0.2, 0.25) is 0 Å². The molecule has 1 aliphatic rings. The average Bonchev–Trinajstić information content (AvgIpc) is 3.68. The molecule has 3 N–H and O–H groups in total. The number of aromatic nitrogens is 3. The number of rotatable bonds is 11. The van der Waals surface area contributed by atoms with Crippen LogP contribution in [0.15, 0.2) is 0 Å². The Morgan fingerprint density at radius 3 is 1.48 bits per heavy atom. The van der Waals surface area contributed by atoms with E-state index >= 15 is 0 Å². The molecule has 0 aromatic carbocycles. The minimum Gasteiger partial charge on any atom is -0.481 e. The molecule has 16 heteroatoms. The number of carboxylic acid groups (broad SMARTS) is 2. The van der Waals surface area contributed by atoms with Crippen LogP contribution in [-0.4, -0.2) is 96.2 Å². The minimum absolute atomic E-state index is 0. The molecule has 3 radical (unpaired) electrons. The number of ether oxygens (including phenoxy) is 1. The maximum Gasteiger partial charge on any atom is 1.00 e. The summed E-state index contributed by atoms with van der Waals surface area (Å²) in [6.07, 6.45) is 19.2. The van der Waals surface area contributed by atoms with Gasteiger partial charge >= 0.3 is 56.7 Å².